The summed E-state index contributed by atoms with van der Waals surface area (Å²) in [5.41, 5.74) is 12.1. The predicted octanol–water partition coefficient (Wildman–Crippen LogP) is 0.856. The molecule has 1 fully saturated rings. The van der Waals surface area contributed by atoms with Gasteiger partial charge in [-0.15, -0.1) is 0 Å². The van der Waals surface area contributed by atoms with Gasteiger partial charge in [-0.05, 0) is 30.5 Å². The normalized spacial score (nSPS) is 16.4. The Labute approximate surface area is 124 Å². The Kier molecular flexibility index (Phi) is 4.80. The van der Waals surface area contributed by atoms with E-state index in [0.717, 1.165) is 31.2 Å². The molecule has 1 aromatic rings. The Hall–Kier alpha value is -2.08. The summed E-state index contributed by atoms with van der Waals surface area (Å²) in [6, 6.07) is 6.52. The summed E-state index contributed by atoms with van der Waals surface area (Å²) in [6.45, 7) is 0.823. The van der Waals surface area contributed by atoms with Gasteiger partial charge in [-0.1, -0.05) is 25.0 Å². The predicted molar refractivity (Wildman–Crippen MR) is 80.6 cm³/mol. The number of carbonyl (C=O) groups excluding carboxylic acids is 2. The third-order valence-electron chi connectivity index (χ3n) is 4.01. The molecule has 3 amide bonds. The van der Waals surface area contributed by atoms with Crippen molar-refractivity contribution in [2.45, 2.75) is 37.8 Å². The highest BCUT2D eigenvalue weighted by Gasteiger charge is 2.33. The van der Waals surface area contributed by atoms with Crippen molar-refractivity contribution in [1.29, 1.82) is 0 Å². The minimum atomic E-state index is -0.567. The Balaban J connectivity index is 1.98. The van der Waals surface area contributed by atoms with Crippen LogP contribution >= 0.6 is 0 Å². The number of nitrogens with two attached hydrogens (primary N) is 2. The molecule has 1 saturated carbocycles. The van der Waals surface area contributed by atoms with Crippen LogP contribution in [0.15, 0.2) is 24.3 Å². The highest BCUT2D eigenvalue weighted by molar-refractivity contribution is 5.94. The van der Waals surface area contributed by atoms with E-state index in [1.54, 1.807) is 24.3 Å². The monoisotopic (exact) mass is 290 g/mol. The quantitative estimate of drug-likeness (QED) is 0.645. The zero-order valence-corrected chi connectivity index (χ0v) is 12.0. The van der Waals surface area contributed by atoms with E-state index in [1.807, 2.05) is 0 Å². The van der Waals surface area contributed by atoms with Crippen molar-refractivity contribution < 1.29 is 9.59 Å². The Morgan fingerprint density at radius 3 is 2.29 bits per heavy atom. The van der Waals surface area contributed by atoms with Crippen molar-refractivity contribution in [2.75, 3.05) is 6.54 Å². The number of amides is 3. The van der Waals surface area contributed by atoms with Crippen LogP contribution in [0.3, 0.4) is 0 Å². The molecule has 6 heteroatoms. The first kappa shape index (κ1) is 15.3. The first-order valence-electron chi connectivity index (χ1n) is 7.19. The van der Waals surface area contributed by atoms with Crippen LogP contribution in [0.1, 0.15) is 41.6 Å². The average molecular weight is 290 g/mol. The largest absolute Gasteiger partial charge is 0.352 e. The molecule has 6 N–H and O–H groups in total. The third-order valence-corrected chi connectivity index (χ3v) is 4.01. The van der Waals surface area contributed by atoms with Gasteiger partial charge in [-0.25, -0.2) is 4.79 Å². The summed E-state index contributed by atoms with van der Waals surface area (Å²) in [6.07, 6.45) is 4.09. The van der Waals surface area contributed by atoms with E-state index in [9.17, 15) is 9.59 Å². The van der Waals surface area contributed by atoms with E-state index in [4.69, 9.17) is 11.5 Å². The molecular weight excluding hydrogens is 268 g/mol. The van der Waals surface area contributed by atoms with Gasteiger partial charge in [0.15, 0.2) is 0 Å². The van der Waals surface area contributed by atoms with Gasteiger partial charge in [-0.2, -0.15) is 0 Å². The minimum absolute atomic E-state index is 0.100. The summed E-state index contributed by atoms with van der Waals surface area (Å²) in [7, 11) is 0. The van der Waals surface area contributed by atoms with Crippen LogP contribution in [0, 0.1) is 0 Å². The maximum Gasteiger partial charge on any atom is 0.312 e. The van der Waals surface area contributed by atoms with Crippen molar-refractivity contribution in [3.63, 3.8) is 0 Å². The van der Waals surface area contributed by atoms with Gasteiger partial charge in [0.1, 0.15) is 0 Å². The van der Waals surface area contributed by atoms with E-state index in [2.05, 4.69) is 10.6 Å². The summed E-state index contributed by atoms with van der Waals surface area (Å²) in [5, 5.41) is 5.58. The first-order chi connectivity index (χ1) is 10.0. The second-order valence-electron chi connectivity index (χ2n) is 5.56. The molecule has 0 heterocycles. The Morgan fingerprint density at radius 2 is 1.76 bits per heavy atom. The molecule has 0 bridgehead atoms. The molecule has 2 rings (SSSR count). The number of urea groups is 1. The first-order valence-corrected chi connectivity index (χ1v) is 7.19. The molecule has 114 valence electrons. The highest BCUT2D eigenvalue weighted by atomic mass is 16.2. The molecular formula is C15H22N4O2. The number of hydrogen-bond acceptors (Lipinski definition) is 3. The zero-order valence-electron chi connectivity index (χ0n) is 12.0. The lowest BCUT2D eigenvalue weighted by Crippen LogP contribution is -2.51. The van der Waals surface area contributed by atoms with Crippen molar-refractivity contribution in [3.8, 4) is 0 Å². The molecule has 21 heavy (non-hydrogen) atoms. The lowest BCUT2D eigenvalue weighted by atomic mass is 9.97. The van der Waals surface area contributed by atoms with E-state index in [-0.39, 0.29) is 11.4 Å². The smallest absolute Gasteiger partial charge is 0.312 e. The molecule has 1 aliphatic rings. The SMILES string of the molecule is NCC1(NC(=O)c2ccc(CNC(N)=O)cc2)CCCC1. The fourth-order valence-corrected chi connectivity index (χ4v) is 2.71. The van der Waals surface area contributed by atoms with Crippen molar-refractivity contribution >= 4 is 11.9 Å². The fourth-order valence-electron chi connectivity index (χ4n) is 2.71. The van der Waals surface area contributed by atoms with E-state index < -0.39 is 6.03 Å². The molecule has 0 aromatic heterocycles. The number of carbonyl (C=O) groups is 2. The van der Waals surface area contributed by atoms with Crippen LogP contribution in [0.25, 0.3) is 0 Å². The molecule has 6 nitrogen and oxygen atoms in total. The van der Waals surface area contributed by atoms with Gasteiger partial charge >= 0.3 is 6.03 Å². The van der Waals surface area contributed by atoms with Crippen molar-refractivity contribution in [2.24, 2.45) is 11.5 Å². The highest BCUT2D eigenvalue weighted by Crippen LogP contribution is 2.28. The standard InChI is InChI=1S/C15H22N4O2/c16-10-15(7-1-2-8-15)19-13(20)12-5-3-11(4-6-12)9-18-14(17)21/h3-6H,1-2,7-10,16H2,(H,19,20)(H3,17,18,21). The maximum absolute atomic E-state index is 12.3. The molecule has 0 aliphatic heterocycles. The average Bonchev–Trinajstić information content (AvgIpc) is 2.94. The van der Waals surface area contributed by atoms with Crippen LogP contribution in [0.5, 0.6) is 0 Å². The van der Waals surface area contributed by atoms with Crippen LogP contribution in [-0.2, 0) is 6.54 Å². The van der Waals surface area contributed by atoms with Gasteiger partial charge in [0.25, 0.3) is 5.91 Å². The third kappa shape index (κ3) is 3.95. The number of nitrogens with one attached hydrogen (secondary N) is 2. The number of hydrogen-bond donors (Lipinski definition) is 4. The van der Waals surface area contributed by atoms with Crippen LogP contribution in [0.4, 0.5) is 4.79 Å². The molecule has 0 saturated heterocycles. The van der Waals surface area contributed by atoms with Crippen LogP contribution in [-0.4, -0.2) is 24.0 Å². The number of primary amides is 1. The second-order valence-corrected chi connectivity index (χ2v) is 5.56. The molecule has 0 radical (unpaired) electrons. The van der Waals surface area contributed by atoms with E-state index in [1.165, 1.54) is 0 Å². The number of benzene rings is 1. The van der Waals surface area contributed by atoms with Crippen LogP contribution in [0.2, 0.25) is 0 Å². The lowest BCUT2D eigenvalue weighted by Gasteiger charge is -2.28. The maximum atomic E-state index is 12.3. The molecule has 0 atom stereocenters. The van der Waals surface area contributed by atoms with Gasteiger partial charge in [0.2, 0.25) is 0 Å². The topological polar surface area (TPSA) is 110 Å². The van der Waals surface area contributed by atoms with E-state index in [0.29, 0.717) is 18.7 Å². The van der Waals surface area contributed by atoms with Crippen molar-refractivity contribution in [1.82, 2.24) is 10.6 Å². The number of rotatable bonds is 5. The lowest BCUT2D eigenvalue weighted by molar-refractivity contribution is 0.0903. The van der Waals surface area contributed by atoms with Gasteiger partial charge in [0, 0.05) is 18.7 Å². The summed E-state index contributed by atoms with van der Waals surface area (Å²) in [4.78, 5) is 22.9. The molecule has 0 unspecified atom stereocenters. The minimum Gasteiger partial charge on any atom is -0.352 e. The van der Waals surface area contributed by atoms with Gasteiger partial charge < -0.3 is 22.1 Å². The summed E-state index contributed by atoms with van der Waals surface area (Å²) >= 11 is 0. The second kappa shape index (κ2) is 6.58. The van der Waals surface area contributed by atoms with Gasteiger partial charge in [-0.3, -0.25) is 4.79 Å². The zero-order chi connectivity index (χ0) is 15.3. The van der Waals surface area contributed by atoms with E-state index >= 15 is 0 Å². The molecule has 1 aromatic carbocycles. The van der Waals surface area contributed by atoms with Crippen molar-refractivity contribution in [3.05, 3.63) is 35.4 Å². The fraction of sp³-hybridized carbons (Fsp3) is 0.467. The van der Waals surface area contributed by atoms with Gasteiger partial charge in [0.05, 0.1) is 5.54 Å². The summed E-state index contributed by atoms with van der Waals surface area (Å²) in [5.74, 6) is -0.100. The Bertz CT molecular complexity index is 507. The summed E-state index contributed by atoms with van der Waals surface area (Å²) < 4.78 is 0. The Morgan fingerprint density at radius 1 is 1.14 bits per heavy atom. The molecule has 0 spiro atoms. The van der Waals surface area contributed by atoms with Crippen LogP contribution < -0.4 is 22.1 Å². The molecule has 1 aliphatic carbocycles.